The van der Waals surface area contributed by atoms with Crippen LogP contribution in [0.5, 0.6) is 5.75 Å². The van der Waals surface area contributed by atoms with Crippen molar-refractivity contribution in [3.05, 3.63) is 111 Å². The van der Waals surface area contributed by atoms with E-state index >= 15 is 0 Å². The van der Waals surface area contributed by atoms with Crippen LogP contribution in [0.1, 0.15) is 69.8 Å². The molecule has 0 saturated carbocycles. The molecule has 2 atom stereocenters. The molecular weight excluding hydrogens is 642 g/mol. The molecule has 2 aromatic carbocycles. The molecule has 1 aliphatic carbocycles. The van der Waals surface area contributed by atoms with E-state index in [1.807, 2.05) is 23.1 Å². The number of carbonyl (C=O) groups excluding carboxylic acids is 1. The number of amides is 1. The van der Waals surface area contributed by atoms with E-state index < -0.39 is 5.69 Å². The fraction of sp³-hybridized carbons (Fsp3) is 0.270. The Labute approximate surface area is 284 Å². The summed E-state index contributed by atoms with van der Waals surface area (Å²) < 4.78 is 20.3. The lowest BCUT2D eigenvalue weighted by atomic mass is 9.92. The van der Waals surface area contributed by atoms with Gasteiger partial charge in [0.05, 0.1) is 46.4 Å². The first kappa shape index (κ1) is 29.8. The quantitative estimate of drug-likeness (QED) is 0.163. The number of carbonyl (C=O) groups is 1. The van der Waals surface area contributed by atoms with E-state index in [-0.39, 0.29) is 23.8 Å². The van der Waals surface area contributed by atoms with Crippen LogP contribution in [-0.4, -0.2) is 49.6 Å². The first-order chi connectivity index (χ1) is 24.0. The van der Waals surface area contributed by atoms with Crippen molar-refractivity contribution in [2.24, 2.45) is 0 Å². The lowest BCUT2D eigenvalue weighted by Crippen LogP contribution is -2.22. The monoisotopic (exact) mass is 673 g/mol. The maximum absolute atomic E-state index is 14.2. The van der Waals surface area contributed by atoms with Gasteiger partial charge in [-0.3, -0.25) is 14.8 Å². The Bertz CT molecular complexity index is 2330. The van der Waals surface area contributed by atoms with Crippen molar-refractivity contribution in [2.75, 3.05) is 19.0 Å². The molecule has 1 fully saturated rings. The molecule has 49 heavy (non-hydrogen) atoms. The maximum atomic E-state index is 14.2. The normalized spacial score (nSPS) is 17.8. The molecule has 1 saturated heterocycles. The fourth-order valence-corrected chi connectivity index (χ4v) is 9.02. The molecule has 6 aromatic rings. The van der Waals surface area contributed by atoms with Crippen molar-refractivity contribution in [1.82, 2.24) is 30.0 Å². The molecule has 4 aromatic heterocycles. The van der Waals surface area contributed by atoms with Crippen molar-refractivity contribution in [2.45, 2.75) is 50.6 Å². The number of rotatable bonds is 8. The molecule has 3 N–H and O–H groups in total. The SMILES string of the molecule is COc1cccc2c1CCC2Nc1nccc2cc(-c3c4c(nc(CCc5ccc(F)cc5)c3-c3n[nH]c(=O)[nH]3)C3CCCN3C4=O)sc12. The molecule has 10 nitrogen and oxygen atoms in total. The van der Waals surface area contributed by atoms with Gasteiger partial charge in [0, 0.05) is 23.2 Å². The number of hydrogen-bond donors (Lipinski definition) is 3. The highest BCUT2D eigenvalue weighted by Gasteiger charge is 2.44. The topological polar surface area (TPSA) is 129 Å². The van der Waals surface area contributed by atoms with E-state index in [9.17, 15) is 14.0 Å². The van der Waals surface area contributed by atoms with Gasteiger partial charge < -0.3 is 15.0 Å². The Morgan fingerprint density at radius 2 is 1.94 bits per heavy atom. The van der Waals surface area contributed by atoms with Gasteiger partial charge in [-0.1, -0.05) is 24.3 Å². The molecule has 2 unspecified atom stereocenters. The summed E-state index contributed by atoms with van der Waals surface area (Å²) >= 11 is 1.57. The summed E-state index contributed by atoms with van der Waals surface area (Å²) in [5, 5.41) is 11.6. The average molecular weight is 674 g/mol. The Morgan fingerprint density at radius 1 is 1.06 bits per heavy atom. The van der Waals surface area contributed by atoms with Crippen molar-refractivity contribution < 1.29 is 13.9 Å². The van der Waals surface area contributed by atoms with Crippen molar-refractivity contribution in [3.8, 4) is 27.6 Å². The number of methoxy groups -OCH3 is 1. The number of anilines is 1. The highest BCUT2D eigenvalue weighted by Crippen LogP contribution is 2.50. The van der Waals surface area contributed by atoms with Gasteiger partial charge in [-0.2, -0.15) is 5.10 Å². The van der Waals surface area contributed by atoms with Crippen LogP contribution in [0, 0.1) is 5.82 Å². The smallest absolute Gasteiger partial charge is 0.340 e. The molecule has 2 aliphatic heterocycles. The van der Waals surface area contributed by atoms with Crippen molar-refractivity contribution in [1.29, 1.82) is 0 Å². The number of nitrogens with one attached hydrogen (secondary N) is 3. The summed E-state index contributed by atoms with van der Waals surface area (Å²) in [4.78, 5) is 42.2. The minimum Gasteiger partial charge on any atom is -0.496 e. The molecule has 6 heterocycles. The van der Waals surface area contributed by atoms with Gasteiger partial charge >= 0.3 is 5.69 Å². The second-order valence-corrected chi connectivity index (χ2v) is 13.9. The summed E-state index contributed by atoms with van der Waals surface area (Å²) in [7, 11) is 1.71. The average Bonchev–Trinajstić information content (AvgIpc) is 3.95. The zero-order chi connectivity index (χ0) is 33.2. The number of hydrogen-bond acceptors (Lipinski definition) is 8. The number of aromatic nitrogens is 5. The van der Waals surface area contributed by atoms with E-state index in [0.29, 0.717) is 36.3 Å². The van der Waals surface area contributed by atoms with Gasteiger partial charge in [-0.25, -0.2) is 19.3 Å². The fourth-order valence-electron chi connectivity index (χ4n) is 7.85. The second-order valence-electron chi connectivity index (χ2n) is 12.8. The van der Waals surface area contributed by atoms with Gasteiger partial charge in [-0.05, 0) is 90.9 Å². The predicted octanol–water partition coefficient (Wildman–Crippen LogP) is 6.76. The van der Waals surface area contributed by atoms with Crippen LogP contribution in [0.3, 0.4) is 0 Å². The van der Waals surface area contributed by atoms with E-state index in [0.717, 1.165) is 74.7 Å². The van der Waals surface area contributed by atoms with Crippen LogP contribution in [0.15, 0.2) is 65.6 Å². The summed E-state index contributed by atoms with van der Waals surface area (Å²) in [5.41, 5.74) is 6.37. The first-order valence-corrected chi connectivity index (χ1v) is 17.4. The Hall–Kier alpha value is -5.36. The Morgan fingerprint density at radius 3 is 2.76 bits per heavy atom. The van der Waals surface area contributed by atoms with Crippen LogP contribution in [0.4, 0.5) is 10.2 Å². The maximum Gasteiger partial charge on any atom is 0.340 e. The number of aromatic amines is 2. The van der Waals surface area contributed by atoms with E-state index in [2.05, 4.69) is 32.6 Å². The van der Waals surface area contributed by atoms with E-state index in [4.69, 9.17) is 14.7 Å². The second kappa shape index (κ2) is 11.7. The number of pyridine rings is 2. The highest BCUT2D eigenvalue weighted by molar-refractivity contribution is 7.23. The molecule has 0 spiro atoms. The highest BCUT2D eigenvalue weighted by atomic mass is 32.1. The summed E-state index contributed by atoms with van der Waals surface area (Å²) in [6, 6.07) is 16.7. The Balaban J connectivity index is 1.20. The molecule has 1 amide bonds. The molecule has 246 valence electrons. The number of halogens is 1. The number of benzene rings is 2. The number of nitrogens with zero attached hydrogens (tertiary/aromatic N) is 4. The van der Waals surface area contributed by atoms with Crippen LogP contribution < -0.4 is 15.7 Å². The summed E-state index contributed by atoms with van der Waals surface area (Å²) in [6.07, 6.45) is 6.50. The van der Waals surface area contributed by atoms with Gasteiger partial charge in [-0.15, -0.1) is 11.3 Å². The van der Waals surface area contributed by atoms with Crippen molar-refractivity contribution in [3.63, 3.8) is 0 Å². The third-order valence-corrected chi connectivity index (χ3v) is 11.3. The Kier molecular flexibility index (Phi) is 7.08. The number of thiophene rings is 1. The zero-order valence-electron chi connectivity index (χ0n) is 26.7. The number of H-pyrrole nitrogens is 2. The minimum atomic E-state index is -0.446. The number of ether oxygens (including phenoxy) is 1. The van der Waals surface area contributed by atoms with Crippen LogP contribution in [-0.2, 0) is 19.3 Å². The standard InChI is InChI=1S/C37H32FN7O3S/c1-48-27-6-2-4-22-23(27)12-14-24(22)41-35-33-20(15-16-39-35)18-28(49-33)30-29(34-42-37(47)44-43-34)25(13-9-19-7-10-21(38)11-8-19)40-32-26-5-3-17-45(26)36(46)31(30)32/h2,4,6-8,10-11,15-16,18,24,26H,3,5,9,12-14,17H2,1H3,(H,39,41)(H2,42,43,44,47). The van der Waals surface area contributed by atoms with Crippen molar-refractivity contribution >= 4 is 33.1 Å². The molecule has 0 radical (unpaired) electrons. The lowest BCUT2D eigenvalue weighted by Gasteiger charge is -2.17. The third-order valence-electron chi connectivity index (χ3n) is 10.1. The third kappa shape index (κ3) is 4.92. The van der Waals surface area contributed by atoms with Crippen LogP contribution >= 0.6 is 11.3 Å². The first-order valence-electron chi connectivity index (χ1n) is 16.6. The lowest BCUT2D eigenvalue weighted by molar-refractivity contribution is 0.0776. The van der Waals surface area contributed by atoms with Crippen LogP contribution in [0.2, 0.25) is 0 Å². The van der Waals surface area contributed by atoms with E-state index in [1.54, 1.807) is 36.8 Å². The largest absolute Gasteiger partial charge is 0.496 e. The molecule has 12 heteroatoms. The number of aryl methyl sites for hydroxylation is 2. The van der Waals surface area contributed by atoms with E-state index in [1.165, 1.54) is 23.3 Å². The molecular formula is C37H32FN7O3S. The molecule has 3 aliphatic rings. The van der Waals surface area contributed by atoms with Gasteiger partial charge in [0.2, 0.25) is 0 Å². The van der Waals surface area contributed by atoms with Crippen LogP contribution in [0.25, 0.3) is 31.9 Å². The van der Waals surface area contributed by atoms with Gasteiger partial charge in [0.15, 0.2) is 5.82 Å². The summed E-state index contributed by atoms with van der Waals surface area (Å²) in [6.45, 7) is 0.677. The number of fused-ring (bicyclic) bond motifs is 5. The summed E-state index contributed by atoms with van der Waals surface area (Å²) in [5.74, 6) is 1.67. The van der Waals surface area contributed by atoms with Gasteiger partial charge in [0.25, 0.3) is 5.91 Å². The van der Waals surface area contributed by atoms with Gasteiger partial charge in [0.1, 0.15) is 17.4 Å². The molecule has 9 rings (SSSR count). The molecule has 0 bridgehead atoms. The minimum absolute atomic E-state index is 0.0466. The predicted molar refractivity (Wildman–Crippen MR) is 186 cm³/mol. The zero-order valence-corrected chi connectivity index (χ0v) is 27.5.